The average molecular weight is 437 g/mol. The van der Waals surface area contributed by atoms with Crippen LogP contribution in [-0.2, 0) is 9.30 Å². The minimum absolute atomic E-state index is 0. The molecule has 162 valence electrons. The van der Waals surface area contributed by atoms with Gasteiger partial charge in [-0.3, -0.25) is 0 Å². The first-order valence-corrected chi connectivity index (χ1v) is 12.3. The van der Waals surface area contributed by atoms with Gasteiger partial charge in [0.1, 0.15) is 0 Å². The molecule has 0 saturated heterocycles. The van der Waals surface area contributed by atoms with Gasteiger partial charge in [-0.05, 0) is 12.8 Å². The molecule has 0 bridgehead atoms. The van der Waals surface area contributed by atoms with Gasteiger partial charge >= 0.3 is 59.2 Å². The Labute approximate surface area is 211 Å². The van der Waals surface area contributed by atoms with Gasteiger partial charge in [-0.2, -0.15) is 0 Å². The van der Waals surface area contributed by atoms with E-state index in [4.69, 9.17) is 24.0 Å². The van der Waals surface area contributed by atoms with Crippen molar-refractivity contribution in [3.05, 3.63) is 0 Å². The van der Waals surface area contributed by atoms with E-state index in [0.29, 0.717) is 0 Å². The zero-order chi connectivity index (χ0) is 19.9. The normalized spacial score (nSPS) is 10.9. The first-order valence-electron chi connectivity index (χ1n) is 10.8. The van der Waals surface area contributed by atoms with Crippen LogP contribution in [0.1, 0.15) is 117 Å². The van der Waals surface area contributed by atoms with Crippen molar-refractivity contribution in [1.29, 1.82) is 0 Å². The quantitative estimate of drug-likeness (QED) is 0.146. The molecule has 0 fully saturated rings. The van der Waals surface area contributed by atoms with Crippen LogP contribution >= 0.6 is 7.82 Å². The van der Waals surface area contributed by atoms with Gasteiger partial charge in [0.25, 0.3) is 0 Å². The van der Waals surface area contributed by atoms with Gasteiger partial charge in [0.05, 0.1) is 0 Å². The van der Waals surface area contributed by atoms with Crippen molar-refractivity contribution in [2.75, 3.05) is 13.2 Å². The molecule has 3 N–H and O–H groups in total. The number of hydrogen-bond donors (Lipinski definition) is 3. The van der Waals surface area contributed by atoms with Crippen molar-refractivity contribution in [1.82, 2.24) is 0 Å². The summed E-state index contributed by atoms with van der Waals surface area (Å²) < 4.78 is 14.6. The minimum atomic E-state index is -4.64. The fourth-order valence-electron chi connectivity index (χ4n) is 2.78. The Kier molecular flexibility index (Phi) is 34.2. The third-order valence-corrected chi connectivity index (χ3v) is 4.28. The third kappa shape index (κ3) is 47.1. The van der Waals surface area contributed by atoms with E-state index in [9.17, 15) is 0 Å². The average Bonchev–Trinajstić information content (AvgIpc) is 2.56. The maximum absolute atomic E-state index is 8.88. The van der Waals surface area contributed by atoms with E-state index in [-0.39, 0.29) is 51.4 Å². The topological polar surface area (TPSA) is 87.0 Å². The predicted molar refractivity (Wildman–Crippen MR) is 117 cm³/mol. The van der Waals surface area contributed by atoms with E-state index >= 15 is 0 Å². The molecular formula is C20H46KO5P. The van der Waals surface area contributed by atoms with Crippen LogP contribution < -0.4 is 0 Å². The van der Waals surface area contributed by atoms with Crippen LogP contribution in [0.2, 0.25) is 0 Å². The zero-order valence-corrected chi connectivity index (χ0v) is 18.2. The number of phosphoric acid groups is 1. The first-order chi connectivity index (χ1) is 12.4. The molecule has 0 aromatic heterocycles. The van der Waals surface area contributed by atoms with Crippen LogP contribution in [0.5, 0.6) is 0 Å². The second-order valence-corrected chi connectivity index (χ2v) is 8.10. The van der Waals surface area contributed by atoms with Crippen LogP contribution in [0.4, 0.5) is 0 Å². The summed E-state index contributed by atoms with van der Waals surface area (Å²) in [5.74, 6) is 0. The van der Waals surface area contributed by atoms with E-state index in [1.807, 2.05) is 0 Å². The van der Waals surface area contributed by atoms with E-state index in [2.05, 4.69) is 13.8 Å². The zero-order valence-electron chi connectivity index (χ0n) is 17.3. The molecule has 0 amide bonds. The van der Waals surface area contributed by atoms with Crippen LogP contribution in [0.15, 0.2) is 0 Å². The third-order valence-electron chi connectivity index (χ3n) is 4.28. The summed E-state index contributed by atoms with van der Waals surface area (Å²) >= 11 is 0. The Morgan fingerprint density at radius 1 is 0.556 bits per heavy atom. The molecule has 0 heterocycles. The van der Waals surface area contributed by atoms with Crippen LogP contribution in [0.25, 0.3) is 0 Å². The van der Waals surface area contributed by atoms with Gasteiger partial charge in [0.2, 0.25) is 0 Å². The van der Waals surface area contributed by atoms with Crippen molar-refractivity contribution in [3.8, 4) is 0 Å². The second kappa shape index (κ2) is 27.7. The molecule has 0 aliphatic rings. The Morgan fingerprint density at radius 2 is 0.778 bits per heavy atom. The molecule has 0 radical (unpaired) electrons. The van der Waals surface area contributed by atoms with Crippen molar-refractivity contribution in [2.45, 2.75) is 117 Å². The Hall–Kier alpha value is 1.71. The number of ether oxygens (including phenoxy) is 1. The molecule has 0 aromatic carbocycles. The van der Waals surface area contributed by atoms with Gasteiger partial charge in [-0.1, -0.05) is 104 Å². The molecule has 0 spiro atoms. The summed E-state index contributed by atoms with van der Waals surface area (Å²) in [6, 6.07) is 0. The summed E-state index contributed by atoms with van der Waals surface area (Å²) in [5.41, 5.74) is 0. The fraction of sp³-hybridized carbons (Fsp3) is 1.00. The van der Waals surface area contributed by atoms with Crippen molar-refractivity contribution < 1.29 is 24.0 Å². The van der Waals surface area contributed by atoms with E-state index < -0.39 is 7.82 Å². The molecule has 7 heteroatoms. The Morgan fingerprint density at radius 3 is 1.04 bits per heavy atom. The van der Waals surface area contributed by atoms with Gasteiger partial charge in [-0.15, -0.1) is 0 Å². The first kappa shape index (κ1) is 33.3. The molecule has 0 aromatic rings. The van der Waals surface area contributed by atoms with Gasteiger partial charge in [0.15, 0.2) is 0 Å². The fourth-order valence-corrected chi connectivity index (χ4v) is 2.78. The van der Waals surface area contributed by atoms with Gasteiger partial charge < -0.3 is 19.4 Å². The number of rotatable bonds is 18. The van der Waals surface area contributed by atoms with Gasteiger partial charge in [-0.25, -0.2) is 4.57 Å². The van der Waals surface area contributed by atoms with Crippen molar-refractivity contribution in [2.24, 2.45) is 0 Å². The molecule has 0 saturated carbocycles. The molecule has 5 nitrogen and oxygen atoms in total. The Bertz CT molecular complexity index is 274. The predicted octanol–water partition coefficient (Wildman–Crippen LogP) is 5.71. The molecular weight excluding hydrogens is 390 g/mol. The molecule has 0 unspecified atom stereocenters. The standard InChI is InChI=1S/C20H42O.K.H3O4P.H/c1-3-5-7-9-11-13-15-17-19-21-20-18-16-14-12-10-8-6-4-2;;1-5(2,3)4;/h3-20H2,1-2H3;;(H3,1,2,3,4);. The molecule has 0 atom stereocenters. The summed E-state index contributed by atoms with van der Waals surface area (Å²) in [7, 11) is -4.64. The van der Waals surface area contributed by atoms with Crippen LogP contribution in [0, 0.1) is 0 Å². The molecule has 0 aliphatic heterocycles. The maximum atomic E-state index is 8.88. The van der Waals surface area contributed by atoms with Crippen molar-refractivity contribution in [3.63, 3.8) is 0 Å². The summed E-state index contributed by atoms with van der Waals surface area (Å²) in [5, 5.41) is 0. The van der Waals surface area contributed by atoms with Gasteiger partial charge in [0, 0.05) is 13.2 Å². The summed E-state index contributed by atoms with van der Waals surface area (Å²) in [6.07, 6.45) is 22.2. The SMILES string of the molecule is CCCCCCCCCCOCCCCCCCCCC.O=P(O)(O)O.[KH]. The van der Waals surface area contributed by atoms with Crippen molar-refractivity contribution >= 4 is 59.2 Å². The monoisotopic (exact) mass is 436 g/mol. The number of hydrogen-bond acceptors (Lipinski definition) is 2. The molecule has 0 aliphatic carbocycles. The molecule has 0 rings (SSSR count). The number of unbranched alkanes of at least 4 members (excludes halogenated alkanes) is 14. The van der Waals surface area contributed by atoms with Crippen LogP contribution in [-0.4, -0.2) is 79.3 Å². The van der Waals surface area contributed by atoms with E-state index in [0.717, 1.165) is 13.2 Å². The van der Waals surface area contributed by atoms with E-state index in [1.54, 1.807) is 0 Å². The second-order valence-electron chi connectivity index (χ2n) is 7.08. The van der Waals surface area contributed by atoms with Crippen LogP contribution in [0.3, 0.4) is 0 Å². The molecule has 27 heavy (non-hydrogen) atoms. The van der Waals surface area contributed by atoms with E-state index in [1.165, 1.54) is 103 Å². The summed E-state index contributed by atoms with van der Waals surface area (Å²) in [6.45, 7) is 6.55. The Balaban J connectivity index is -0.000000844. The summed E-state index contributed by atoms with van der Waals surface area (Å²) in [4.78, 5) is 21.6.